The Kier molecular flexibility index (Phi) is 5.54. The number of hydrogen-bond acceptors (Lipinski definition) is 5. The predicted molar refractivity (Wildman–Crippen MR) is 122 cm³/mol. The van der Waals surface area contributed by atoms with Crippen LogP contribution < -0.4 is 20.1 Å². The smallest absolute Gasteiger partial charge is 0.323 e. The first kappa shape index (κ1) is 19.7. The molecule has 6 nitrogen and oxygen atoms in total. The number of nitrogens with zero attached hydrogens (tertiary/aromatic N) is 1. The van der Waals surface area contributed by atoms with Crippen LogP contribution in [-0.4, -0.2) is 25.2 Å². The second-order valence-corrected chi connectivity index (χ2v) is 7.78. The lowest BCUT2D eigenvalue weighted by Crippen LogP contribution is -2.19. The Balaban J connectivity index is 1.46. The molecule has 1 heterocycles. The van der Waals surface area contributed by atoms with Crippen LogP contribution in [0.5, 0.6) is 11.5 Å². The van der Waals surface area contributed by atoms with Gasteiger partial charge in [0.05, 0.1) is 24.4 Å². The molecule has 152 valence electrons. The molecule has 4 rings (SSSR count). The number of ether oxygens (including phenoxy) is 2. The van der Waals surface area contributed by atoms with Gasteiger partial charge in [-0.25, -0.2) is 9.78 Å². The van der Waals surface area contributed by atoms with Crippen LogP contribution in [0, 0.1) is 6.92 Å². The first-order chi connectivity index (χ1) is 14.5. The van der Waals surface area contributed by atoms with Gasteiger partial charge in [0.25, 0.3) is 0 Å². The van der Waals surface area contributed by atoms with Gasteiger partial charge in [-0.05, 0) is 48.9 Å². The number of amides is 2. The molecule has 0 unspecified atom stereocenters. The minimum absolute atomic E-state index is 0.353. The van der Waals surface area contributed by atoms with E-state index in [4.69, 9.17) is 14.5 Å². The van der Waals surface area contributed by atoms with Crippen molar-refractivity contribution in [3.8, 4) is 22.1 Å². The topological polar surface area (TPSA) is 72.5 Å². The van der Waals surface area contributed by atoms with Gasteiger partial charge in [0, 0.05) is 35.1 Å². The molecule has 0 spiro atoms. The SMILES string of the molecule is COc1cc(NC(=O)Nc2ccc(-c3nc4ccc(C)cc4s3)cc2)cc(OC)c1. The fraction of sp³-hybridized carbons (Fsp3) is 0.130. The van der Waals surface area contributed by atoms with Crippen molar-refractivity contribution in [1.29, 1.82) is 0 Å². The molecule has 0 aliphatic heterocycles. The molecule has 0 fully saturated rings. The van der Waals surface area contributed by atoms with Gasteiger partial charge < -0.3 is 20.1 Å². The number of nitrogens with one attached hydrogen (secondary N) is 2. The third-order valence-electron chi connectivity index (χ3n) is 4.54. The molecule has 4 aromatic rings. The number of aryl methyl sites for hydroxylation is 1. The lowest BCUT2D eigenvalue weighted by atomic mass is 10.2. The molecule has 0 saturated heterocycles. The van der Waals surface area contributed by atoms with E-state index in [0.29, 0.717) is 22.9 Å². The van der Waals surface area contributed by atoms with E-state index in [1.165, 1.54) is 10.3 Å². The summed E-state index contributed by atoms with van der Waals surface area (Å²) in [6, 6.07) is 18.7. The summed E-state index contributed by atoms with van der Waals surface area (Å²) in [4.78, 5) is 17.1. The van der Waals surface area contributed by atoms with Gasteiger partial charge in [-0.1, -0.05) is 6.07 Å². The molecule has 30 heavy (non-hydrogen) atoms. The number of methoxy groups -OCH3 is 2. The standard InChI is InChI=1S/C23H21N3O3S/c1-14-4-9-20-21(10-14)30-22(26-20)15-5-7-16(8-6-15)24-23(27)25-17-11-18(28-2)13-19(12-17)29-3/h4-13H,1-3H3,(H2,24,25,27). The van der Waals surface area contributed by atoms with Crippen molar-refractivity contribution in [3.05, 3.63) is 66.2 Å². The average molecular weight is 420 g/mol. The third kappa shape index (κ3) is 4.36. The quantitative estimate of drug-likeness (QED) is 0.420. The van der Waals surface area contributed by atoms with Gasteiger partial charge in [0.15, 0.2) is 0 Å². The highest BCUT2D eigenvalue weighted by Crippen LogP contribution is 2.31. The Morgan fingerprint density at radius 3 is 2.20 bits per heavy atom. The first-order valence-electron chi connectivity index (χ1n) is 9.33. The lowest BCUT2D eigenvalue weighted by molar-refractivity contribution is 0.262. The highest BCUT2D eigenvalue weighted by atomic mass is 32.1. The van der Waals surface area contributed by atoms with Crippen molar-refractivity contribution in [2.75, 3.05) is 24.9 Å². The number of carbonyl (C=O) groups is 1. The molecule has 0 saturated carbocycles. The molecule has 0 radical (unpaired) electrons. The molecule has 0 atom stereocenters. The molecule has 0 aliphatic rings. The van der Waals surface area contributed by atoms with Crippen LogP contribution in [0.15, 0.2) is 60.7 Å². The van der Waals surface area contributed by atoms with E-state index >= 15 is 0 Å². The van der Waals surface area contributed by atoms with Crippen LogP contribution in [0.3, 0.4) is 0 Å². The van der Waals surface area contributed by atoms with Crippen LogP contribution in [-0.2, 0) is 0 Å². The maximum absolute atomic E-state index is 12.4. The number of carbonyl (C=O) groups excluding carboxylic acids is 1. The van der Waals surface area contributed by atoms with E-state index in [1.807, 2.05) is 30.3 Å². The van der Waals surface area contributed by atoms with E-state index in [-0.39, 0.29) is 6.03 Å². The van der Waals surface area contributed by atoms with Gasteiger partial charge >= 0.3 is 6.03 Å². The number of thiazole rings is 1. The highest BCUT2D eigenvalue weighted by molar-refractivity contribution is 7.21. The summed E-state index contributed by atoms with van der Waals surface area (Å²) in [6.45, 7) is 2.08. The van der Waals surface area contributed by atoms with Gasteiger partial charge in [-0.3, -0.25) is 0 Å². The fourth-order valence-electron chi connectivity index (χ4n) is 3.02. The summed E-state index contributed by atoms with van der Waals surface area (Å²) in [5.41, 5.74) is 4.48. The van der Waals surface area contributed by atoms with Gasteiger partial charge in [0.1, 0.15) is 16.5 Å². The third-order valence-corrected chi connectivity index (χ3v) is 5.61. The number of aromatic nitrogens is 1. The zero-order valence-electron chi connectivity index (χ0n) is 16.9. The van der Waals surface area contributed by atoms with E-state index in [2.05, 4.69) is 29.7 Å². The lowest BCUT2D eigenvalue weighted by Gasteiger charge is -2.11. The Hall–Kier alpha value is -3.58. The zero-order valence-corrected chi connectivity index (χ0v) is 17.7. The normalized spacial score (nSPS) is 10.6. The maximum Gasteiger partial charge on any atom is 0.323 e. The molecular weight excluding hydrogens is 398 g/mol. The predicted octanol–water partition coefficient (Wildman–Crippen LogP) is 5.93. The summed E-state index contributed by atoms with van der Waals surface area (Å²) in [5.74, 6) is 1.19. The monoisotopic (exact) mass is 419 g/mol. The molecule has 3 aromatic carbocycles. The molecule has 7 heteroatoms. The van der Waals surface area contributed by atoms with Crippen LogP contribution in [0.2, 0.25) is 0 Å². The maximum atomic E-state index is 12.4. The van der Waals surface area contributed by atoms with Gasteiger partial charge in [-0.15, -0.1) is 11.3 Å². The highest BCUT2D eigenvalue weighted by Gasteiger charge is 2.09. The number of rotatable bonds is 5. The molecule has 2 N–H and O–H groups in total. The van der Waals surface area contributed by atoms with Crippen LogP contribution >= 0.6 is 11.3 Å². The summed E-state index contributed by atoms with van der Waals surface area (Å²) in [6.07, 6.45) is 0. The summed E-state index contributed by atoms with van der Waals surface area (Å²) in [5, 5.41) is 6.57. The Morgan fingerprint density at radius 2 is 1.53 bits per heavy atom. The van der Waals surface area contributed by atoms with Crippen molar-refractivity contribution in [3.63, 3.8) is 0 Å². The fourth-order valence-corrected chi connectivity index (χ4v) is 4.09. The Morgan fingerprint density at radius 1 is 0.867 bits per heavy atom. The van der Waals surface area contributed by atoms with Crippen molar-refractivity contribution in [2.45, 2.75) is 6.92 Å². The van der Waals surface area contributed by atoms with Crippen molar-refractivity contribution < 1.29 is 14.3 Å². The number of fused-ring (bicyclic) bond motifs is 1. The second-order valence-electron chi connectivity index (χ2n) is 6.75. The number of urea groups is 1. The van der Waals surface area contributed by atoms with Crippen molar-refractivity contribution in [2.24, 2.45) is 0 Å². The minimum Gasteiger partial charge on any atom is -0.497 e. The van der Waals surface area contributed by atoms with Crippen molar-refractivity contribution >= 4 is 39.0 Å². The van der Waals surface area contributed by atoms with E-state index < -0.39 is 0 Å². The molecular formula is C23H21N3O3S. The average Bonchev–Trinajstić information content (AvgIpc) is 3.17. The molecule has 0 bridgehead atoms. The van der Waals surface area contributed by atoms with E-state index in [9.17, 15) is 4.79 Å². The number of benzene rings is 3. The van der Waals surface area contributed by atoms with Gasteiger partial charge in [0.2, 0.25) is 0 Å². The van der Waals surface area contributed by atoms with Crippen molar-refractivity contribution in [1.82, 2.24) is 4.98 Å². The van der Waals surface area contributed by atoms with Crippen LogP contribution in [0.1, 0.15) is 5.56 Å². The van der Waals surface area contributed by atoms with E-state index in [0.717, 1.165) is 16.1 Å². The Labute approximate surface area is 178 Å². The van der Waals surface area contributed by atoms with Gasteiger partial charge in [-0.2, -0.15) is 0 Å². The molecule has 1 aromatic heterocycles. The summed E-state index contributed by atoms with van der Waals surface area (Å²) < 4.78 is 11.6. The number of anilines is 2. The summed E-state index contributed by atoms with van der Waals surface area (Å²) in [7, 11) is 3.12. The Bertz CT molecular complexity index is 1180. The second kappa shape index (κ2) is 8.42. The van der Waals surface area contributed by atoms with Crippen LogP contribution in [0.25, 0.3) is 20.8 Å². The summed E-state index contributed by atoms with van der Waals surface area (Å²) >= 11 is 1.66. The zero-order chi connectivity index (χ0) is 21.1. The first-order valence-corrected chi connectivity index (χ1v) is 10.1. The number of hydrogen-bond donors (Lipinski definition) is 2. The molecule has 0 aliphatic carbocycles. The molecule has 2 amide bonds. The van der Waals surface area contributed by atoms with E-state index in [1.54, 1.807) is 43.8 Å². The van der Waals surface area contributed by atoms with Crippen LogP contribution in [0.4, 0.5) is 16.2 Å². The largest absolute Gasteiger partial charge is 0.497 e. The minimum atomic E-state index is -0.353.